The first-order valence-corrected chi connectivity index (χ1v) is 6.31. The van der Waals surface area contributed by atoms with Gasteiger partial charge in [0.25, 0.3) is 0 Å². The zero-order valence-electron chi connectivity index (χ0n) is 11.4. The zero-order chi connectivity index (χ0) is 13.9. The Morgan fingerprint density at radius 3 is 2.40 bits per heavy atom. The normalized spacial score (nSPS) is 16.0. The Hall–Kier alpha value is 0.401. The zero-order valence-corrected chi connectivity index (χ0v) is 14.5. The van der Waals surface area contributed by atoms with Crippen molar-refractivity contribution >= 4 is 12.4 Å². The summed E-state index contributed by atoms with van der Waals surface area (Å²) in [5, 5.41) is 0. The van der Waals surface area contributed by atoms with Crippen molar-refractivity contribution in [2.75, 3.05) is 26.2 Å². The standard InChI is InChI=1S/C12H15BF4NO.K/c14-10-3-4-11(13(15,16)17)12(9-10)19-8-7-18-5-1-2-6-18;/h3-4,9H,1-2,5-8H2;/q-1;+1. The monoisotopic (exact) mass is 315 g/mol. The first kappa shape index (κ1) is 18.5. The van der Waals surface area contributed by atoms with Gasteiger partial charge in [0.15, 0.2) is 0 Å². The molecule has 1 aromatic rings. The number of nitrogens with zero attached hydrogens (tertiary/aromatic N) is 1. The van der Waals surface area contributed by atoms with Crippen LogP contribution in [0.2, 0.25) is 0 Å². The van der Waals surface area contributed by atoms with Crippen LogP contribution in [-0.4, -0.2) is 38.1 Å². The molecule has 1 aliphatic heterocycles. The van der Waals surface area contributed by atoms with Gasteiger partial charge in [0.2, 0.25) is 0 Å². The second kappa shape index (κ2) is 8.14. The molecule has 0 radical (unpaired) electrons. The Labute approximate surface area is 158 Å². The first-order valence-electron chi connectivity index (χ1n) is 6.31. The fourth-order valence-electron chi connectivity index (χ4n) is 2.19. The minimum Gasteiger partial charge on any atom is -0.495 e. The van der Waals surface area contributed by atoms with Crippen molar-refractivity contribution in [1.82, 2.24) is 4.90 Å². The SMILES string of the molecule is Fc1ccc([B-](F)(F)F)c(OCCN2CCCC2)c1.[K+]. The average molecular weight is 315 g/mol. The van der Waals surface area contributed by atoms with Crippen molar-refractivity contribution in [3.8, 4) is 5.75 Å². The quantitative estimate of drug-likeness (QED) is 0.529. The molecule has 0 aromatic heterocycles. The fraction of sp³-hybridized carbons (Fsp3) is 0.500. The summed E-state index contributed by atoms with van der Waals surface area (Å²) in [4.78, 5) is 2.12. The van der Waals surface area contributed by atoms with Gasteiger partial charge in [-0.15, -0.1) is 0 Å². The molecule has 1 saturated heterocycles. The maximum atomic E-state index is 13.0. The Morgan fingerprint density at radius 1 is 1.15 bits per heavy atom. The Bertz CT molecular complexity index is 438. The van der Waals surface area contributed by atoms with Crippen LogP contribution in [0.1, 0.15) is 12.8 Å². The van der Waals surface area contributed by atoms with Gasteiger partial charge in [-0.3, -0.25) is 4.90 Å². The second-order valence-corrected chi connectivity index (χ2v) is 4.65. The Kier molecular flexibility index (Phi) is 7.51. The van der Waals surface area contributed by atoms with Crippen molar-refractivity contribution in [3.05, 3.63) is 24.0 Å². The van der Waals surface area contributed by atoms with Crippen LogP contribution >= 0.6 is 0 Å². The van der Waals surface area contributed by atoms with Gasteiger partial charge in [0.05, 0.1) is 5.75 Å². The van der Waals surface area contributed by atoms with Crippen LogP contribution in [0.5, 0.6) is 5.75 Å². The van der Waals surface area contributed by atoms with Gasteiger partial charge >= 0.3 is 58.4 Å². The summed E-state index contributed by atoms with van der Waals surface area (Å²) in [7, 11) is 0. The summed E-state index contributed by atoms with van der Waals surface area (Å²) in [5.41, 5.74) is -0.872. The largest absolute Gasteiger partial charge is 1.00 e. The average Bonchev–Trinajstić information content (AvgIpc) is 2.80. The summed E-state index contributed by atoms with van der Waals surface area (Å²) >= 11 is 0. The number of hydrogen-bond donors (Lipinski definition) is 0. The molecule has 0 atom stereocenters. The van der Waals surface area contributed by atoms with Crippen molar-refractivity contribution in [2.24, 2.45) is 0 Å². The molecule has 2 rings (SSSR count). The van der Waals surface area contributed by atoms with Gasteiger partial charge < -0.3 is 17.7 Å². The number of halogens is 4. The number of ether oxygens (including phenoxy) is 1. The van der Waals surface area contributed by atoms with E-state index < -0.39 is 24.0 Å². The molecule has 8 heteroatoms. The van der Waals surface area contributed by atoms with Crippen LogP contribution in [0.15, 0.2) is 18.2 Å². The van der Waals surface area contributed by atoms with E-state index in [1.54, 1.807) is 0 Å². The van der Waals surface area contributed by atoms with E-state index in [0.29, 0.717) is 6.54 Å². The molecule has 20 heavy (non-hydrogen) atoms. The van der Waals surface area contributed by atoms with E-state index in [2.05, 4.69) is 4.90 Å². The molecule has 0 aliphatic carbocycles. The topological polar surface area (TPSA) is 12.5 Å². The smallest absolute Gasteiger partial charge is 0.495 e. The molecule has 0 amide bonds. The molecule has 0 N–H and O–H groups in total. The molecule has 0 spiro atoms. The molecule has 0 saturated carbocycles. The van der Waals surface area contributed by atoms with Crippen LogP contribution in [0.4, 0.5) is 17.3 Å². The number of rotatable bonds is 5. The van der Waals surface area contributed by atoms with Crippen molar-refractivity contribution < 1.29 is 73.5 Å². The molecule has 0 bridgehead atoms. The van der Waals surface area contributed by atoms with Crippen molar-refractivity contribution in [3.63, 3.8) is 0 Å². The van der Waals surface area contributed by atoms with E-state index in [9.17, 15) is 17.3 Å². The Balaban J connectivity index is 0.00000200. The summed E-state index contributed by atoms with van der Waals surface area (Å²) in [5.74, 6) is -1.13. The van der Waals surface area contributed by atoms with Gasteiger partial charge in [-0.25, -0.2) is 4.39 Å². The third-order valence-electron chi connectivity index (χ3n) is 3.19. The van der Waals surface area contributed by atoms with Crippen LogP contribution in [0.3, 0.4) is 0 Å². The summed E-state index contributed by atoms with van der Waals surface area (Å²) < 4.78 is 56.4. The summed E-state index contributed by atoms with van der Waals surface area (Å²) in [6.07, 6.45) is 2.22. The van der Waals surface area contributed by atoms with E-state index in [-0.39, 0.29) is 58.0 Å². The fourth-order valence-corrected chi connectivity index (χ4v) is 2.19. The first-order chi connectivity index (χ1) is 8.97. The van der Waals surface area contributed by atoms with Crippen molar-refractivity contribution in [2.45, 2.75) is 12.8 Å². The van der Waals surface area contributed by atoms with Crippen LogP contribution in [-0.2, 0) is 0 Å². The molecule has 1 aliphatic rings. The maximum absolute atomic E-state index is 13.0. The predicted molar refractivity (Wildman–Crippen MR) is 66.3 cm³/mol. The molecule has 1 aromatic carbocycles. The molecule has 2 nitrogen and oxygen atoms in total. The van der Waals surface area contributed by atoms with E-state index >= 15 is 0 Å². The van der Waals surface area contributed by atoms with Crippen LogP contribution in [0.25, 0.3) is 0 Å². The molecular formula is C12H15BF4KNO. The van der Waals surface area contributed by atoms with Crippen LogP contribution < -0.4 is 61.6 Å². The molecule has 1 fully saturated rings. The molecule has 106 valence electrons. The second-order valence-electron chi connectivity index (χ2n) is 4.65. The van der Waals surface area contributed by atoms with Gasteiger partial charge in [0, 0.05) is 12.6 Å². The maximum Gasteiger partial charge on any atom is 1.00 e. The summed E-state index contributed by atoms with van der Waals surface area (Å²) in [6.45, 7) is -2.58. The van der Waals surface area contributed by atoms with Gasteiger partial charge in [0.1, 0.15) is 12.4 Å². The third-order valence-corrected chi connectivity index (χ3v) is 3.19. The van der Waals surface area contributed by atoms with Crippen LogP contribution in [0, 0.1) is 5.82 Å². The molecule has 1 heterocycles. The van der Waals surface area contributed by atoms with E-state index in [0.717, 1.165) is 44.1 Å². The van der Waals surface area contributed by atoms with Gasteiger partial charge in [-0.2, -0.15) is 0 Å². The van der Waals surface area contributed by atoms with Crippen molar-refractivity contribution in [1.29, 1.82) is 0 Å². The molecular weight excluding hydrogens is 300 g/mol. The third kappa shape index (κ3) is 5.31. The number of benzene rings is 1. The van der Waals surface area contributed by atoms with E-state index in [4.69, 9.17) is 4.74 Å². The number of likely N-dealkylation sites (tertiary alicyclic amines) is 1. The van der Waals surface area contributed by atoms with E-state index in [1.807, 2.05) is 0 Å². The minimum absolute atomic E-state index is 0. The molecule has 0 unspecified atom stereocenters. The number of hydrogen-bond acceptors (Lipinski definition) is 2. The Morgan fingerprint density at radius 2 is 1.80 bits per heavy atom. The predicted octanol–water partition coefficient (Wildman–Crippen LogP) is -0.641. The van der Waals surface area contributed by atoms with Gasteiger partial charge in [-0.1, -0.05) is 11.5 Å². The summed E-state index contributed by atoms with van der Waals surface area (Å²) in [6, 6.07) is 2.34. The minimum atomic E-state index is -5.19. The van der Waals surface area contributed by atoms with E-state index in [1.165, 1.54) is 0 Å². The van der Waals surface area contributed by atoms with Gasteiger partial charge in [-0.05, 0) is 32.0 Å².